The maximum Gasteiger partial charge on any atom is 0.136 e. The number of benzene rings is 1. The van der Waals surface area contributed by atoms with Crippen molar-refractivity contribution in [3.05, 3.63) is 35.9 Å². The molecule has 0 aliphatic carbocycles. The van der Waals surface area contributed by atoms with Crippen LogP contribution in [-0.4, -0.2) is 9.78 Å². The lowest BCUT2D eigenvalue weighted by Crippen LogP contribution is -1.95. The van der Waals surface area contributed by atoms with E-state index in [1.54, 1.807) is 43.2 Å². The fourth-order valence-electron chi connectivity index (χ4n) is 1.48. The summed E-state index contributed by atoms with van der Waals surface area (Å²) in [7, 11) is 1.80. The van der Waals surface area contributed by atoms with Crippen molar-refractivity contribution >= 4 is 5.69 Å². The van der Waals surface area contributed by atoms with Gasteiger partial charge in [0.25, 0.3) is 0 Å². The summed E-state index contributed by atoms with van der Waals surface area (Å²) in [6, 6.07) is 3.38. The van der Waals surface area contributed by atoms with Crippen molar-refractivity contribution in [2.24, 2.45) is 7.05 Å². The molecule has 0 aliphatic rings. The van der Waals surface area contributed by atoms with E-state index < -0.39 is 0 Å². The Balaban J connectivity index is 2.59. The molecular formula is C11H12FN3. The highest BCUT2D eigenvalue weighted by molar-refractivity contribution is 5.67. The summed E-state index contributed by atoms with van der Waals surface area (Å²) in [5, 5.41) is 4.00. The number of anilines is 1. The SMILES string of the molecule is Cc1c(N)ccc(-c2cnn(C)c2)c1F. The lowest BCUT2D eigenvalue weighted by molar-refractivity contribution is 0.623. The molecule has 0 aliphatic heterocycles. The Morgan fingerprint density at radius 1 is 1.40 bits per heavy atom. The van der Waals surface area contributed by atoms with Crippen LogP contribution in [0.2, 0.25) is 0 Å². The molecule has 0 atom stereocenters. The number of halogens is 1. The average molecular weight is 205 g/mol. The summed E-state index contributed by atoms with van der Waals surface area (Å²) >= 11 is 0. The maximum absolute atomic E-state index is 13.8. The standard InChI is InChI=1S/C11H12FN3/c1-7-10(13)4-3-9(11(7)12)8-5-14-15(2)6-8/h3-6H,13H2,1-2H3. The van der Waals surface area contributed by atoms with Gasteiger partial charge in [0.1, 0.15) is 5.82 Å². The van der Waals surface area contributed by atoms with Crippen LogP contribution < -0.4 is 5.73 Å². The van der Waals surface area contributed by atoms with E-state index in [-0.39, 0.29) is 5.82 Å². The van der Waals surface area contributed by atoms with Crippen LogP contribution >= 0.6 is 0 Å². The molecule has 0 saturated heterocycles. The first-order valence-corrected chi connectivity index (χ1v) is 4.63. The molecule has 2 aromatic rings. The van der Waals surface area contributed by atoms with Crippen molar-refractivity contribution in [2.75, 3.05) is 5.73 Å². The Kier molecular flexibility index (Phi) is 2.19. The van der Waals surface area contributed by atoms with Gasteiger partial charge in [0.05, 0.1) is 6.20 Å². The van der Waals surface area contributed by atoms with Gasteiger partial charge in [0, 0.05) is 35.6 Å². The van der Waals surface area contributed by atoms with Crippen LogP contribution in [0.1, 0.15) is 5.56 Å². The van der Waals surface area contributed by atoms with E-state index in [4.69, 9.17) is 5.73 Å². The van der Waals surface area contributed by atoms with E-state index >= 15 is 0 Å². The highest BCUT2D eigenvalue weighted by atomic mass is 19.1. The molecule has 0 radical (unpaired) electrons. The number of rotatable bonds is 1. The van der Waals surface area contributed by atoms with Gasteiger partial charge in [-0.15, -0.1) is 0 Å². The highest BCUT2D eigenvalue weighted by Crippen LogP contribution is 2.27. The monoisotopic (exact) mass is 205 g/mol. The molecule has 1 aromatic heterocycles. The maximum atomic E-state index is 13.8. The van der Waals surface area contributed by atoms with Crippen molar-refractivity contribution < 1.29 is 4.39 Å². The molecule has 0 bridgehead atoms. The summed E-state index contributed by atoms with van der Waals surface area (Å²) in [5.41, 5.74) is 7.87. The van der Waals surface area contributed by atoms with Gasteiger partial charge in [0.2, 0.25) is 0 Å². The van der Waals surface area contributed by atoms with Crippen molar-refractivity contribution in [3.8, 4) is 11.1 Å². The third kappa shape index (κ3) is 1.58. The predicted molar refractivity (Wildman–Crippen MR) is 57.8 cm³/mol. The van der Waals surface area contributed by atoms with Crippen LogP contribution in [0.25, 0.3) is 11.1 Å². The zero-order valence-electron chi connectivity index (χ0n) is 8.66. The molecule has 3 nitrogen and oxygen atoms in total. The van der Waals surface area contributed by atoms with Crippen LogP contribution in [0.5, 0.6) is 0 Å². The number of aryl methyl sites for hydroxylation is 1. The first kappa shape index (κ1) is 9.71. The van der Waals surface area contributed by atoms with E-state index in [2.05, 4.69) is 5.10 Å². The molecule has 0 spiro atoms. The van der Waals surface area contributed by atoms with Gasteiger partial charge in [-0.05, 0) is 19.1 Å². The van der Waals surface area contributed by atoms with Crippen molar-refractivity contribution in [3.63, 3.8) is 0 Å². The minimum Gasteiger partial charge on any atom is -0.398 e. The largest absolute Gasteiger partial charge is 0.398 e. The van der Waals surface area contributed by atoms with Gasteiger partial charge >= 0.3 is 0 Å². The van der Waals surface area contributed by atoms with Crippen LogP contribution in [0.3, 0.4) is 0 Å². The van der Waals surface area contributed by atoms with Gasteiger partial charge < -0.3 is 5.73 Å². The van der Waals surface area contributed by atoms with Gasteiger partial charge in [-0.3, -0.25) is 4.68 Å². The van der Waals surface area contributed by atoms with E-state index in [1.165, 1.54) is 0 Å². The quantitative estimate of drug-likeness (QED) is 0.725. The van der Waals surface area contributed by atoms with Crippen molar-refractivity contribution in [1.82, 2.24) is 9.78 Å². The van der Waals surface area contributed by atoms with Crippen LogP contribution in [0.15, 0.2) is 24.5 Å². The summed E-state index contributed by atoms with van der Waals surface area (Å²) in [5.74, 6) is -0.275. The number of hydrogen-bond acceptors (Lipinski definition) is 2. The fourth-order valence-corrected chi connectivity index (χ4v) is 1.48. The molecule has 78 valence electrons. The van der Waals surface area contributed by atoms with Crippen LogP contribution in [0, 0.1) is 12.7 Å². The smallest absolute Gasteiger partial charge is 0.136 e. The molecule has 0 amide bonds. The Bertz CT molecular complexity index is 503. The van der Waals surface area contributed by atoms with Crippen molar-refractivity contribution in [2.45, 2.75) is 6.92 Å². The van der Waals surface area contributed by atoms with E-state index in [0.29, 0.717) is 16.8 Å². The summed E-state index contributed by atoms with van der Waals surface area (Å²) < 4.78 is 15.5. The number of nitrogens with zero attached hydrogens (tertiary/aromatic N) is 2. The minimum atomic E-state index is -0.275. The lowest BCUT2D eigenvalue weighted by atomic mass is 10.0. The molecule has 0 saturated carbocycles. The second-order valence-electron chi connectivity index (χ2n) is 3.54. The molecule has 2 rings (SSSR count). The van der Waals surface area contributed by atoms with Crippen molar-refractivity contribution in [1.29, 1.82) is 0 Å². The molecule has 15 heavy (non-hydrogen) atoms. The first-order valence-electron chi connectivity index (χ1n) is 4.63. The number of nitrogen functional groups attached to an aromatic ring is 1. The van der Waals surface area contributed by atoms with E-state index in [0.717, 1.165) is 5.56 Å². The molecule has 0 fully saturated rings. The molecule has 4 heteroatoms. The third-order valence-corrected chi connectivity index (χ3v) is 2.44. The summed E-state index contributed by atoms with van der Waals surface area (Å²) in [6.45, 7) is 1.67. The fraction of sp³-hybridized carbons (Fsp3) is 0.182. The van der Waals surface area contributed by atoms with E-state index in [9.17, 15) is 4.39 Å². The third-order valence-electron chi connectivity index (χ3n) is 2.44. The molecule has 1 aromatic carbocycles. The Labute approximate surface area is 87.3 Å². The van der Waals surface area contributed by atoms with E-state index in [1.807, 2.05) is 0 Å². The minimum absolute atomic E-state index is 0.275. The zero-order valence-corrected chi connectivity index (χ0v) is 8.66. The average Bonchev–Trinajstić information content (AvgIpc) is 2.61. The zero-order chi connectivity index (χ0) is 11.0. The van der Waals surface area contributed by atoms with Crippen LogP contribution in [-0.2, 0) is 7.05 Å². The highest BCUT2D eigenvalue weighted by Gasteiger charge is 2.10. The molecule has 0 unspecified atom stereocenters. The van der Waals surface area contributed by atoms with Crippen LogP contribution in [0.4, 0.5) is 10.1 Å². The van der Waals surface area contributed by atoms with Gasteiger partial charge in [-0.2, -0.15) is 5.10 Å². The number of aromatic nitrogens is 2. The number of nitrogens with two attached hydrogens (primary N) is 1. The second-order valence-corrected chi connectivity index (χ2v) is 3.54. The lowest BCUT2D eigenvalue weighted by Gasteiger charge is -2.05. The summed E-state index contributed by atoms with van der Waals surface area (Å²) in [4.78, 5) is 0. The summed E-state index contributed by atoms with van der Waals surface area (Å²) in [6.07, 6.45) is 3.40. The van der Waals surface area contributed by atoms with Gasteiger partial charge in [0.15, 0.2) is 0 Å². The predicted octanol–water partition coefficient (Wildman–Crippen LogP) is 2.12. The normalized spacial score (nSPS) is 10.6. The molecule has 2 N–H and O–H groups in total. The second kappa shape index (κ2) is 3.38. The number of hydrogen-bond donors (Lipinski definition) is 1. The molecule has 1 heterocycles. The first-order chi connectivity index (χ1) is 7.09. The Hall–Kier alpha value is -1.84. The molecular weight excluding hydrogens is 193 g/mol. The Morgan fingerprint density at radius 3 is 2.73 bits per heavy atom. The van der Waals surface area contributed by atoms with Gasteiger partial charge in [-0.25, -0.2) is 4.39 Å². The topological polar surface area (TPSA) is 43.8 Å². The Morgan fingerprint density at radius 2 is 2.13 bits per heavy atom. The van der Waals surface area contributed by atoms with Gasteiger partial charge in [-0.1, -0.05) is 0 Å².